The van der Waals surface area contributed by atoms with Gasteiger partial charge in [-0.25, -0.2) is 4.98 Å². The largest absolute Gasteiger partial charge is 0.335 e. The van der Waals surface area contributed by atoms with E-state index in [0.717, 1.165) is 19.6 Å². The van der Waals surface area contributed by atoms with E-state index in [1.54, 1.807) is 47.4 Å². The van der Waals surface area contributed by atoms with E-state index in [0.29, 0.717) is 24.3 Å². The first-order valence-electron chi connectivity index (χ1n) is 9.39. The zero-order valence-corrected chi connectivity index (χ0v) is 16.1. The molecule has 0 aliphatic carbocycles. The number of carbonyl (C=O) groups excluding carboxylic acids is 3. The van der Waals surface area contributed by atoms with Gasteiger partial charge in [-0.05, 0) is 49.9 Å². The van der Waals surface area contributed by atoms with Crippen LogP contribution >= 0.6 is 0 Å². The van der Waals surface area contributed by atoms with Crippen molar-refractivity contribution < 1.29 is 14.4 Å². The summed E-state index contributed by atoms with van der Waals surface area (Å²) in [6.45, 7) is 7.58. The van der Waals surface area contributed by atoms with E-state index >= 15 is 0 Å². The lowest BCUT2D eigenvalue weighted by Crippen LogP contribution is -2.48. The fourth-order valence-electron chi connectivity index (χ4n) is 3.09. The van der Waals surface area contributed by atoms with E-state index < -0.39 is 5.91 Å². The Bertz CT molecular complexity index is 871. The fraction of sp³-hybridized carbons (Fsp3) is 0.333. The Kier molecular flexibility index (Phi) is 6.16. The lowest BCUT2D eigenvalue weighted by atomic mass is 10.1. The average Bonchev–Trinajstić information content (AvgIpc) is 2.73. The topological polar surface area (TPSA) is 82.6 Å². The quantitative estimate of drug-likeness (QED) is 0.805. The van der Waals surface area contributed by atoms with E-state index in [9.17, 15) is 14.4 Å². The molecule has 7 nitrogen and oxygen atoms in total. The smallest absolute Gasteiger partial charge is 0.274 e. The molecule has 1 saturated heterocycles. The third-order valence-corrected chi connectivity index (χ3v) is 4.86. The molecule has 0 unspecified atom stereocenters. The Labute approximate surface area is 164 Å². The second-order valence-corrected chi connectivity index (χ2v) is 6.72. The molecule has 0 spiro atoms. The van der Waals surface area contributed by atoms with Crippen molar-refractivity contribution in [3.05, 3.63) is 59.4 Å². The summed E-state index contributed by atoms with van der Waals surface area (Å²) in [5.74, 6) is -0.595. The molecule has 7 heteroatoms. The highest BCUT2D eigenvalue weighted by Crippen LogP contribution is 2.13. The van der Waals surface area contributed by atoms with Gasteiger partial charge in [0.2, 0.25) is 0 Å². The van der Waals surface area contributed by atoms with Crippen LogP contribution in [0.5, 0.6) is 0 Å². The molecule has 0 saturated carbocycles. The van der Waals surface area contributed by atoms with Crippen LogP contribution in [0.25, 0.3) is 0 Å². The van der Waals surface area contributed by atoms with E-state index in [4.69, 9.17) is 0 Å². The highest BCUT2D eigenvalue weighted by atomic mass is 16.2. The van der Waals surface area contributed by atoms with Crippen molar-refractivity contribution in [2.45, 2.75) is 13.8 Å². The number of pyridine rings is 1. The third-order valence-electron chi connectivity index (χ3n) is 4.86. The monoisotopic (exact) mass is 380 g/mol. The van der Waals surface area contributed by atoms with Gasteiger partial charge >= 0.3 is 0 Å². The fourth-order valence-corrected chi connectivity index (χ4v) is 3.09. The molecule has 3 rings (SSSR count). The van der Waals surface area contributed by atoms with E-state index in [2.05, 4.69) is 22.1 Å². The average molecular weight is 380 g/mol. The van der Waals surface area contributed by atoms with Crippen LogP contribution in [-0.4, -0.2) is 65.1 Å². The lowest BCUT2D eigenvalue weighted by Gasteiger charge is -2.33. The second-order valence-electron chi connectivity index (χ2n) is 6.72. The molecule has 28 heavy (non-hydrogen) atoms. The molecule has 0 radical (unpaired) electrons. The first-order chi connectivity index (χ1) is 13.5. The maximum absolute atomic E-state index is 12.7. The molecule has 0 bridgehead atoms. The Hall–Kier alpha value is -3.06. The second kappa shape index (κ2) is 8.75. The number of anilines is 1. The highest BCUT2D eigenvalue weighted by molar-refractivity contribution is 6.04. The van der Waals surface area contributed by atoms with Gasteiger partial charge < -0.3 is 15.1 Å². The number of likely N-dealkylation sites (N-methyl/N-ethyl adjacent to an activating group) is 1. The number of aromatic nitrogens is 1. The first kappa shape index (κ1) is 19.7. The van der Waals surface area contributed by atoms with Gasteiger partial charge in [-0.2, -0.15) is 0 Å². The summed E-state index contributed by atoms with van der Waals surface area (Å²) in [5.41, 5.74) is 1.58. The van der Waals surface area contributed by atoms with Crippen LogP contribution in [0.1, 0.15) is 45.2 Å². The third kappa shape index (κ3) is 4.61. The zero-order chi connectivity index (χ0) is 20.1. The maximum Gasteiger partial charge on any atom is 0.274 e. The minimum atomic E-state index is -0.402. The minimum Gasteiger partial charge on any atom is -0.335 e. The standard InChI is InChI=1S/C21H24N4O3/c1-3-24-11-13-25(14-12-24)21(28)19-6-4-5-18(23-19)20(27)22-17-9-7-16(8-10-17)15(2)26/h4-10H,3,11-14H2,1-2H3,(H,22,27). The van der Waals surface area contributed by atoms with Crippen LogP contribution in [0.3, 0.4) is 0 Å². The zero-order valence-electron chi connectivity index (χ0n) is 16.1. The Morgan fingerprint density at radius 2 is 1.61 bits per heavy atom. The number of piperazine rings is 1. The maximum atomic E-state index is 12.7. The number of Topliss-reactive ketones (excluding diaryl/α,β-unsaturated/α-hetero) is 1. The Morgan fingerprint density at radius 1 is 0.964 bits per heavy atom. The van der Waals surface area contributed by atoms with Crippen molar-refractivity contribution in [3.8, 4) is 0 Å². The number of ketones is 1. The summed E-state index contributed by atoms with van der Waals surface area (Å²) >= 11 is 0. The lowest BCUT2D eigenvalue weighted by molar-refractivity contribution is 0.0637. The number of hydrogen-bond donors (Lipinski definition) is 1. The summed E-state index contributed by atoms with van der Waals surface area (Å²) in [4.78, 5) is 44.9. The van der Waals surface area contributed by atoms with Crippen LogP contribution in [0.2, 0.25) is 0 Å². The molecule has 2 aromatic rings. The van der Waals surface area contributed by atoms with Gasteiger partial charge in [0, 0.05) is 37.4 Å². The van der Waals surface area contributed by atoms with E-state index in [1.807, 2.05) is 0 Å². The predicted octanol–water partition coefficient (Wildman–Crippen LogP) is 2.31. The number of nitrogens with zero attached hydrogens (tertiary/aromatic N) is 3. The number of benzene rings is 1. The summed E-state index contributed by atoms with van der Waals surface area (Å²) in [6, 6.07) is 11.5. The van der Waals surface area contributed by atoms with Crippen LogP contribution < -0.4 is 5.32 Å². The van der Waals surface area contributed by atoms with Crippen LogP contribution in [0.4, 0.5) is 5.69 Å². The van der Waals surface area contributed by atoms with Gasteiger partial charge in [0.05, 0.1) is 0 Å². The van der Waals surface area contributed by atoms with Gasteiger partial charge in [-0.15, -0.1) is 0 Å². The summed E-state index contributed by atoms with van der Waals surface area (Å²) < 4.78 is 0. The van der Waals surface area contributed by atoms with Gasteiger partial charge in [0.15, 0.2) is 5.78 Å². The number of rotatable bonds is 5. The normalized spacial score (nSPS) is 14.6. The molecular weight excluding hydrogens is 356 g/mol. The molecule has 1 aromatic heterocycles. The molecule has 2 heterocycles. The molecular formula is C21H24N4O3. The van der Waals surface area contributed by atoms with Crippen LogP contribution in [-0.2, 0) is 0 Å². The molecule has 0 atom stereocenters. The van der Waals surface area contributed by atoms with Crippen molar-refractivity contribution in [2.24, 2.45) is 0 Å². The van der Waals surface area contributed by atoms with Gasteiger partial charge in [-0.3, -0.25) is 14.4 Å². The highest BCUT2D eigenvalue weighted by Gasteiger charge is 2.23. The predicted molar refractivity (Wildman–Crippen MR) is 107 cm³/mol. The van der Waals surface area contributed by atoms with Crippen molar-refractivity contribution in [1.29, 1.82) is 0 Å². The number of hydrogen-bond acceptors (Lipinski definition) is 5. The van der Waals surface area contributed by atoms with Gasteiger partial charge in [0.1, 0.15) is 11.4 Å². The molecule has 1 aliphatic heterocycles. The summed E-state index contributed by atoms with van der Waals surface area (Å²) in [5, 5.41) is 2.74. The summed E-state index contributed by atoms with van der Waals surface area (Å²) in [6.07, 6.45) is 0. The Balaban J connectivity index is 1.67. The van der Waals surface area contributed by atoms with Crippen LogP contribution in [0, 0.1) is 0 Å². The number of amides is 2. The van der Waals surface area contributed by atoms with E-state index in [-0.39, 0.29) is 23.1 Å². The molecule has 2 amide bonds. The minimum absolute atomic E-state index is 0.0365. The molecule has 1 aromatic carbocycles. The SMILES string of the molecule is CCN1CCN(C(=O)c2cccc(C(=O)Nc3ccc(C(C)=O)cc3)n2)CC1. The molecule has 1 N–H and O–H groups in total. The Morgan fingerprint density at radius 3 is 2.21 bits per heavy atom. The number of nitrogens with one attached hydrogen (secondary N) is 1. The molecule has 1 fully saturated rings. The molecule has 1 aliphatic rings. The van der Waals surface area contributed by atoms with Crippen molar-refractivity contribution in [3.63, 3.8) is 0 Å². The van der Waals surface area contributed by atoms with Gasteiger partial charge in [0.25, 0.3) is 11.8 Å². The summed E-state index contributed by atoms with van der Waals surface area (Å²) in [7, 11) is 0. The van der Waals surface area contributed by atoms with Crippen molar-refractivity contribution in [2.75, 3.05) is 38.0 Å². The van der Waals surface area contributed by atoms with E-state index in [1.165, 1.54) is 6.92 Å². The van der Waals surface area contributed by atoms with Crippen LogP contribution in [0.15, 0.2) is 42.5 Å². The first-order valence-corrected chi connectivity index (χ1v) is 9.39. The number of carbonyl (C=O) groups is 3. The molecule has 146 valence electrons. The van der Waals surface area contributed by atoms with Crippen molar-refractivity contribution >= 4 is 23.3 Å². The van der Waals surface area contributed by atoms with Crippen molar-refractivity contribution in [1.82, 2.24) is 14.8 Å². The van der Waals surface area contributed by atoms with Gasteiger partial charge in [-0.1, -0.05) is 13.0 Å².